The van der Waals surface area contributed by atoms with Gasteiger partial charge in [-0.05, 0) is 86.2 Å². The van der Waals surface area contributed by atoms with Gasteiger partial charge in [-0.1, -0.05) is 32.1 Å². The second kappa shape index (κ2) is 13.2. The molecule has 0 bridgehead atoms. The quantitative estimate of drug-likeness (QED) is 0.181. The van der Waals surface area contributed by atoms with Crippen LogP contribution in [0.25, 0.3) is 11.0 Å². The van der Waals surface area contributed by atoms with E-state index < -0.39 is 33.1 Å². The molecule has 6 rings (SSSR count). The van der Waals surface area contributed by atoms with Crippen molar-refractivity contribution in [3.8, 4) is 0 Å². The van der Waals surface area contributed by atoms with Crippen molar-refractivity contribution < 1.29 is 26.4 Å². The Hall–Kier alpha value is -4.21. The van der Waals surface area contributed by atoms with Gasteiger partial charge in [-0.15, -0.1) is 16.4 Å². The molecule has 0 radical (unpaired) electrons. The number of carbonyl (C=O) groups is 1. The van der Waals surface area contributed by atoms with Gasteiger partial charge in [-0.2, -0.15) is 17.5 Å². The highest BCUT2D eigenvalue weighted by molar-refractivity contribution is 7.89. The van der Waals surface area contributed by atoms with Crippen molar-refractivity contribution in [3.63, 3.8) is 0 Å². The first-order valence-electron chi connectivity index (χ1n) is 16.2. The number of aryl methyl sites for hydroxylation is 3. The van der Waals surface area contributed by atoms with Crippen molar-refractivity contribution in [2.24, 2.45) is 11.3 Å². The molecule has 2 aromatic carbocycles. The number of carbonyl (C=O) groups excluding carboxylic acids is 1. The minimum atomic E-state index is -4.59. The number of amides is 1. The molecule has 0 unspecified atom stereocenters. The van der Waals surface area contributed by atoms with E-state index in [2.05, 4.69) is 20.6 Å². The third-order valence-electron chi connectivity index (χ3n) is 9.39. The molecule has 0 saturated heterocycles. The summed E-state index contributed by atoms with van der Waals surface area (Å²) < 4.78 is 71.6. The number of alkyl halides is 3. The Labute approximate surface area is 292 Å². The lowest BCUT2D eigenvalue weighted by atomic mass is 9.73. The third kappa shape index (κ3) is 6.53. The molecule has 0 spiro atoms. The number of sulfonamides is 1. The van der Waals surface area contributed by atoms with Crippen molar-refractivity contribution >= 4 is 44.0 Å². The molecular formula is C35H38F3N7O3S2. The summed E-state index contributed by atoms with van der Waals surface area (Å²) in [4.78, 5) is 23.9. The maximum atomic E-state index is 14.1. The number of aromatic nitrogens is 5. The first-order valence-corrected chi connectivity index (χ1v) is 18.5. The molecule has 1 aliphatic heterocycles. The molecule has 264 valence electrons. The van der Waals surface area contributed by atoms with Crippen molar-refractivity contribution in [2.75, 3.05) is 11.9 Å². The van der Waals surface area contributed by atoms with E-state index in [0.717, 1.165) is 39.7 Å². The monoisotopic (exact) mass is 725 g/mol. The number of pyridine rings is 1. The van der Waals surface area contributed by atoms with Gasteiger partial charge in [0.2, 0.25) is 15.9 Å². The first kappa shape index (κ1) is 35.6. The van der Waals surface area contributed by atoms with Crippen LogP contribution in [0.1, 0.15) is 71.4 Å². The predicted molar refractivity (Wildman–Crippen MR) is 185 cm³/mol. The molecule has 0 aliphatic carbocycles. The summed E-state index contributed by atoms with van der Waals surface area (Å²) in [6, 6.07) is 10.2. The number of nitrogens with one attached hydrogen (secondary N) is 1. The molecule has 3 aromatic heterocycles. The maximum Gasteiger partial charge on any atom is 0.416 e. The van der Waals surface area contributed by atoms with E-state index in [1.54, 1.807) is 29.2 Å². The van der Waals surface area contributed by atoms with Gasteiger partial charge in [0.25, 0.3) is 0 Å². The van der Waals surface area contributed by atoms with Gasteiger partial charge < -0.3 is 5.32 Å². The Morgan fingerprint density at radius 2 is 1.90 bits per heavy atom. The number of rotatable bonds is 8. The fraction of sp³-hybridized carbons (Fsp3) is 0.400. The van der Waals surface area contributed by atoms with Gasteiger partial charge in [-0.25, -0.2) is 18.1 Å². The van der Waals surface area contributed by atoms with Crippen molar-refractivity contribution in [1.82, 2.24) is 29.3 Å². The maximum absolute atomic E-state index is 14.1. The second-order valence-electron chi connectivity index (χ2n) is 13.4. The number of hydrogen-bond donors (Lipinski definition) is 1. The normalized spacial score (nSPS) is 17.3. The van der Waals surface area contributed by atoms with Crippen LogP contribution >= 0.6 is 11.3 Å². The average molecular weight is 726 g/mol. The van der Waals surface area contributed by atoms with E-state index in [4.69, 9.17) is 4.98 Å². The van der Waals surface area contributed by atoms with E-state index in [1.807, 2.05) is 53.7 Å². The van der Waals surface area contributed by atoms with Gasteiger partial charge >= 0.3 is 6.18 Å². The second-order valence-corrected chi connectivity index (χ2v) is 16.5. The number of thiazole rings is 1. The molecule has 4 heterocycles. The van der Waals surface area contributed by atoms with Crippen molar-refractivity contribution in [1.29, 1.82) is 0 Å². The van der Waals surface area contributed by atoms with Crippen LogP contribution in [0.2, 0.25) is 0 Å². The molecule has 5 aromatic rings. The smallest absolute Gasteiger partial charge is 0.324 e. The SMILES string of the molecule is CCn1nnc2c(C)c([C@H](c3nc(CN4C[C@@H](C)Cc5cc(C(F)(F)F)ccc5S4(=O)=O)c(C)s3)C(C)(C)C(=O)Nc3cccnc3)ccc21. The Balaban J connectivity index is 1.41. The fourth-order valence-electron chi connectivity index (χ4n) is 6.65. The minimum absolute atomic E-state index is 0.0760. The highest BCUT2D eigenvalue weighted by atomic mass is 32.2. The van der Waals surface area contributed by atoms with Crippen LogP contribution in [0.15, 0.2) is 59.8 Å². The highest BCUT2D eigenvalue weighted by Crippen LogP contribution is 2.46. The zero-order chi connectivity index (χ0) is 36.2. The summed E-state index contributed by atoms with van der Waals surface area (Å²) >= 11 is 1.39. The van der Waals surface area contributed by atoms with Crippen LogP contribution in [0.3, 0.4) is 0 Å². The Morgan fingerprint density at radius 3 is 2.58 bits per heavy atom. The van der Waals surface area contributed by atoms with Gasteiger partial charge in [0.1, 0.15) is 10.5 Å². The molecular weight excluding hydrogens is 688 g/mol. The lowest BCUT2D eigenvalue weighted by Crippen LogP contribution is -2.37. The highest BCUT2D eigenvalue weighted by Gasteiger charge is 2.43. The lowest BCUT2D eigenvalue weighted by Gasteiger charge is -2.33. The molecule has 50 heavy (non-hydrogen) atoms. The number of anilines is 1. The lowest BCUT2D eigenvalue weighted by molar-refractivity contribution is -0.137. The minimum Gasteiger partial charge on any atom is -0.324 e. The summed E-state index contributed by atoms with van der Waals surface area (Å²) in [6.07, 6.45) is -1.21. The first-order chi connectivity index (χ1) is 23.5. The standard InChI is InChI=1S/C35H38F3N7O3S2/c1-7-45-28-12-11-26(21(3)31(28)42-43-45)30(34(5,6)33(46)40-25-9-8-14-39-17-25)32-41-27(22(4)49-32)19-44-18-20(2)15-23-16-24(35(36,37)38)10-13-29(23)50(44,47)48/h8-14,16-17,20,30H,7,15,18-19H2,1-6H3,(H,40,46)/t20-,30+/m0/s1. The molecule has 2 atom stereocenters. The zero-order valence-corrected chi connectivity index (χ0v) is 30.2. The van der Waals surface area contributed by atoms with E-state index in [0.29, 0.717) is 28.5 Å². The van der Waals surface area contributed by atoms with Crippen LogP contribution in [0, 0.1) is 25.2 Å². The molecule has 0 saturated carbocycles. The zero-order valence-electron chi connectivity index (χ0n) is 28.5. The molecule has 1 aliphatic rings. The largest absolute Gasteiger partial charge is 0.416 e. The predicted octanol–water partition coefficient (Wildman–Crippen LogP) is 7.12. The van der Waals surface area contributed by atoms with E-state index in [-0.39, 0.29) is 41.8 Å². The molecule has 1 amide bonds. The third-order valence-corrected chi connectivity index (χ3v) is 12.4. The Bertz CT molecular complexity index is 2180. The summed E-state index contributed by atoms with van der Waals surface area (Å²) in [5.41, 5.74) is 2.51. The van der Waals surface area contributed by atoms with E-state index in [9.17, 15) is 26.4 Å². The van der Waals surface area contributed by atoms with Crippen LogP contribution in [0.5, 0.6) is 0 Å². The van der Waals surface area contributed by atoms with E-state index in [1.165, 1.54) is 15.6 Å². The number of nitrogens with zero attached hydrogens (tertiary/aromatic N) is 6. The van der Waals surface area contributed by atoms with E-state index >= 15 is 0 Å². The Kier molecular flexibility index (Phi) is 9.37. The number of fused-ring (bicyclic) bond motifs is 2. The Morgan fingerprint density at radius 1 is 1.14 bits per heavy atom. The van der Waals surface area contributed by atoms with Crippen LogP contribution in [0.4, 0.5) is 18.9 Å². The van der Waals surface area contributed by atoms with Crippen LogP contribution in [-0.2, 0) is 40.5 Å². The topological polar surface area (TPSA) is 123 Å². The van der Waals surface area contributed by atoms with Crippen molar-refractivity contribution in [2.45, 2.75) is 78.0 Å². The summed E-state index contributed by atoms with van der Waals surface area (Å²) in [5, 5.41) is 12.3. The van der Waals surface area contributed by atoms with Gasteiger partial charge in [0.15, 0.2) is 0 Å². The van der Waals surface area contributed by atoms with Gasteiger partial charge in [-0.3, -0.25) is 9.78 Å². The van der Waals surface area contributed by atoms with Crippen LogP contribution < -0.4 is 5.32 Å². The molecule has 10 nitrogen and oxygen atoms in total. The fourth-order valence-corrected chi connectivity index (χ4v) is 9.62. The molecule has 0 fully saturated rings. The van der Waals surface area contributed by atoms with Gasteiger partial charge in [0, 0.05) is 24.2 Å². The number of benzene rings is 2. The summed E-state index contributed by atoms with van der Waals surface area (Å²) in [5.74, 6) is -1.09. The summed E-state index contributed by atoms with van der Waals surface area (Å²) in [6.45, 7) is 12.0. The molecule has 15 heteroatoms. The molecule has 1 N–H and O–H groups in total. The average Bonchev–Trinajstić information content (AvgIpc) is 3.62. The number of halogens is 3. The summed E-state index contributed by atoms with van der Waals surface area (Å²) in [7, 11) is -4.16. The van der Waals surface area contributed by atoms with Crippen LogP contribution in [-0.4, -0.2) is 50.1 Å². The van der Waals surface area contributed by atoms with Gasteiger partial charge in [0.05, 0.1) is 51.4 Å². The van der Waals surface area contributed by atoms with Crippen molar-refractivity contribution in [3.05, 3.63) is 92.7 Å². The number of hydrogen-bond acceptors (Lipinski definition) is 8.